The van der Waals surface area contributed by atoms with E-state index in [1.807, 2.05) is 25.0 Å². The minimum Gasteiger partial charge on any atom is -0.356 e. The first kappa shape index (κ1) is 20.3. The molecule has 0 bridgehead atoms. The van der Waals surface area contributed by atoms with Gasteiger partial charge in [-0.2, -0.15) is 5.10 Å². The number of hydrogen-bond donors (Lipinski definition) is 1. The number of aromatic nitrogens is 2. The molecule has 2 heterocycles. The Labute approximate surface area is 157 Å². The molecule has 1 aromatic rings. The maximum Gasteiger partial charge on any atom is 0.193 e. The molecule has 1 aliphatic rings. The van der Waals surface area contributed by atoms with Crippen LogP contribution in [0.5, 0.6) is 0 Å². The normalized spacial score (nSPS) is 18.9. The minimum atomic E-state index is 0. The molecule has 23 heavy (non-hydrogen) atoms. The Hall–Kier alpha value is -0.790. The third kappa shape index (κ3) is 6.31. The molecule has 0 aliphatic carbocycles. The third-order valence-electron chi connectivity index (χ3n) is 4.28. The second-order valence-electron chi connectivity index (χ2n) is 7.52. The number of halogens is 1. The average molecular weight is 433 g/mol. The summed E-state index contributed by atoms with van der Waals surface area (Å²) in [6.07, 6.45) is 7.72. The topological polar surface area (TPSA) is 45.5 Å². The van der Waals surface area contributed by atoms with E-state index in [1.165, 1.54) is 24.8 Å². The lowest BCUT2D eigenvalue weighted by molar-refractivity contribution is 0.363. The molecule has 0 radical (unpaired) electrons. The summed E-state index contributed by atoms with van der Waals surface area (Å²) in [6, 6.07) is 0. The summed E-state index contributed by atoms with van der Waals surface area (Å²) in [5, 5.41) is 7.80. The van der Waals surface area contributed by atoms with Gasteiger partial charge in [0.05, 0.1) is 6.20 Å². The highest BCUT2D eigenvalue weighted by Crippen LogP contribution is 2.26. The zero-order valence-corrected chi connectivity index (χ0v) is 17.5. The molecule has 1 N–H and O–H groups in total. The summed E-state index contributed by atoms with van der Waals surface area (Å²) in [5.74, 6) is 1.61. The van der Waals surface area contributed by atoms with Crippen molar-refractivity contribution in [3.63, 3.8) is 0 Å². The second-order valence-corrected chi connectivity index (χ2v) is 7.52. The van der Waals surface area contributed by atoms with Crippen LogP contribution in [0.15, 0.2) is 17.4 Å². The summed E-state index contributed by atoms with van der Waals surface area (Å²) in [4.78, 5) is 6.82. The van der Waals surface area contributed by atoms with Crippen LogP contribution in [0.25, 0.3) is 0 Å². The molecular formula is C17H32IN5. The van der Waals surface area contributed by atoms with E-state index in [4.69, 9.17) is 0 Å². The molecule has 132 valence electrons. The zero-order valence-electron chi connectivity index (χ0n) is 15.2. The Morgan fingerprint density at radius 1 is 1.43 bits per heavy atom. The molecule has 1 saturated heterocycles. The van der Waals surface area contributed by atoms with Crippen LogP contribution < -0.4 is 5.32 Å². The van der Waals surface area contributed by atoms with Crippen LogP contribution >= 0.6 is 24.0 Å². The molecule has 6 heteroatoms. The fraction of sp³-hybridized carbons (Fsp3) is 0.765. The number of nitrogens with one attached hydrogen (secondary N) is 1. The number of likely N-dealkylation sites (tertiary alicyclic amines) is 1. The molecule has 1 atom stereocenters. The van der Waals surface area contributed by atoms with Gasteiger partial charge < -0.3 is 10.2 Å². The molecule has 0 amide bonds. The first-order valence-electron chi connectivity index (χ1n) is 8.33. The Bertz CT molecular complexity index is 503. The van der Waals surface area contributed by atoms with Crippen molar-refractivity contribution in [3.05, 3.63) is 18.0 Å². The van der Waals surface area contributed by atoms with E-state index in [0.29, 0.717) is 11.3 Å². The van der Waals surface area contributed by atoms with E-state index < -0.39 is 0 Å². The van der Waals surface area contributed by atoms with Crippen molar-refractivity contribution in [2.24, 2.45) is 17.5 Å². The Morgan fingerprint density at radius 3 is 2.74 bits per heavy atom. The standard InChI is InChI=1S/C17H31N5.HI/c1-17(2,3)8-6-9-19-16(18-4)22-10-7-14(13-22)15-11-20-21(5)12-15;/h11-12,14H,6-10,13H2,1-5H3,(H,18,19);1H. The van der Waals surface area contributed by atoms with E-state index >= 15 is 0 Å². The highest BCUT2D eigenvalue weighted by atomic mass is 127. The molecule has 0 saturated carbocycles. The van der Waals surface area contributed by atoms with Crippen LogP contribution in [0.1, 0.15) is 51.5 Å². The molecule has 1 unspecified atom stereocenters. The molecule has 1 aromatic heterocycles. The van der Waals surface area contributed by atoms with Gasteiger partial charge in [-0.25, -0.2) is 0 Å². The molecule has 5 nitrogen and oxygen atoms in total. The Kier molecular flexibility index (Phi) is 7.83. The summed E-state index contributed by atoms with van der Waals surface area (Å²) in [6.45, 7) is 9.98. The van der Waals surface area contributed by atoms with Crippen molar-refractivity contribution in [2.75, 3.05) is 26.7 Å². The number of hydrogen-bond acceptors (Lipinski definition) is 2. The van der Waals surface area contributed by atoms with Gasteiger partial charge in [-0.05, 0) is 30.2 Å². The molecular weight excluding hydrogens is 401 g/mol. The van der Waals surface area contributed by atoms with Gasteiger partial charge >= 0.3 is 0 Å². The summed E-state index contributed by atoms with van der Waals surface area (Å²) < 4.78 is 1.89. The predicted octanol–water partition coefficient (Wildman–Crippen LogP) is 3.23. The van der Waals surface area contributed by atoms with Gasteiger partial charge in [0.15, 0.2) is 5.96 Å². The first-order chi connectivity index (χ1) is 10.4. The van der Waals surface area contributed by atoms with Gasteiger partial charge in [-0.15, -0.1) is 24.0 Å². The minimum absolute atomic E-state index is 0. The third-order valence-corrected chi connectivity index (χ3v) is 4.28. The van der Waals surface area contributed by atoms with Gasteiger partial charge in [0.25, 0.3) is 0 Å². The van der Waals surface area contributed by atoms with Crippen LogP contribution in [-0.4, -0.2) is 47.3 Å². The smallest absolute Gasteiger partial charge is 0.193 e. The SMILES string of the molecule is CN=C(NCCCC(C)(C)C)N1CCC(c2cnn(C)c2)C1.I. The number of nitrogens with zero attached hydrogens (tertiary/aromatic N) is 4. The van der Waals surface area contributed by atoms with Gasteiger partial charge in [-0.3, -0.25) is 9.67 Å². The second kappa shape index (κ2) is 8.89. The molecule has 0 spiro atoms. The monoisotopic (exact) mass is 433 g/mol. The molecule has 1 fully saturated rings. The number of rotatable bonds is 4. The number of guanidine groups is 1. The van der Waals surface area contributed by atoms with E-state index in [9.17, 15) is 0 Å². The summed E-state index contributed by atoms with van der Waals surface area (Å²) in [5.41, 5.74) is 1.75. The van der Waals surface area contributed by atoms with Crippen molar-refractivity contribution < 1.29 is 0 Å². The van der Waals surface area contributed by atoms with Crippen molar-refractivity contribution in [3.8, 4) is 0 Å². The molecule has 0 aromatic carbocycles. The van der Waals surface area contributed by atoms with Gasteiger partial charge in [0.2, 0.25) is 0 Å². The number of aliphatic imine (C=N–C) groups is 1. The van der Waals surface area contributed by atoms with Crippen molar-refractivity contribution >= 4 is 29.9 Å². The van der Waals surface area contributed by atoms with Crippen molar-refractivity contribution in [1.82, 2.24) is 20.0 Å². The van der Waals surface area contributed by atoms with Gasteiger partial charge in [0, 0.05) is 45.8 Å². The van der Waals surface area contributed by atoms with E-state index in [1.54, 1.807) is 0 Å². The van der Waals surface area contributed by atoms with Gasteiger partial charge in [-0.1, -0.05) is 20.8 Å². The maximum atomic E-state index is 4.45. The van der Waals surface area contributed by atoms with Gasteiger partial charge in [0.1, 0.15) is 0 Å². The Balaban J connectivity index is 0.00000264. The number of aryl methyl sites for hydroxylation is 1. The molecule has 1 aliphatic heterocycles. The Morgan fingerprint density at radius 2 is 2.17 bits per heavy atom. The van der Waals surface area contributed by atoms with E-state index in [-0.39, 0.29) is 24.0 Å². The van der Waals surface area contributed by atoms with Crippen LogP contribution in [0.3, 0.4) is 0 Å². The van der Waals surface area contributed by atoms with Crippen molar-refractivity contribution in [1.29, 1.82) is 0 Å². The van der Waals surface area contributed by atoms with Crippen LogP contribution in [0.2, 0.25) is 0 Å². The first-order valence-corrected chi connectivity index (χ1v) is 8.33. The average Bonchev–Trinajstić information content (AvgIpc) is 3.06. The largest absolute Gasteiger partial charge is 0.356 e. The highest BCUT2D eigenvalue weighted by molar-refractivity contribution is 14.0. The highest BCUT2D eigenvalue weighted by Gasteiger charge is 2.26. The lowest BCUT2D eigenvalue weighted by Gasteiger charge is -2.23. The lowest BCUT2D eigenvalue weighted by atomic mass is 9.91. The maximum absolute atomic E-state index is 4.45. The van der Waals surface area contributed by atoms with Crippen molar-refractivity contribution in [2.45, 2.75) is 46.0 Å². The summed E-state index contributed by atoms with van der Waals surface area (Å²) in [7, 11) is 3.86. The fourth-order valence-electron chi connectivity index (χ4n) is 3.03. The quantitative estimate of drug-likeness (QED) is 0.343. The lowest BCUT2D eigenvalue weighted by Crippen LogP contribution is -2.40. The van der Waals surface area contributed by atoms with Crippen LogP contribution in [0, 0.1) is 5.41 Å². The van der Waals surface area contributed by atoms with E-state index in [0.717, 1.165) is 25.6 Å². The molecule has 2 rings (SSSR count). The fourth-order valence-corrected chi connectivity index (χ4v) is 3.03. The van der Waals surface area contributed by atoms with Crippen LogP contribution in [0.4, 0.5) is 0 Å². The summed E-state index contributed by atoms with van der Waals surface area (Å²) >= 11 is 0. The zero-order chi connectivity index (χ0) is 16.2. The van der Waals surface area contributed by atoms with Crippen LogP contribution in [-0.2, 0) is 7.05 Å². The predicted molar refractivity (Wildman–Crippen MR) is 108 cm³/mol. The van der Waals surface area contributed by atoms with E-state index in [2.05, 4.69) is 47.3 Å².